The minimum absolute atomic E-state index is 0.0145. The highest BCUT2D eigenvalue weighted by Gasteiger charge is 2.17. The summed E-state index contributed by atoms with van der Waals surface area (Å²) in [4.78, 5) is 5.18. The Bertz CT molecular complexity index is 271. The molecule has 0 amide bonds. The summed E-state index contributed by atoms with van der Waals surface area (Å²) < 4.78 is 12.7. The molecular formula is C9H10FNO. The summed E-state index contributed by atoms with van der Waals surface area (Å²) in [6, 6.07) is 6.52. The third-order valence-electron chi connectivity index (χ3n) is 1.95. The van der Waals surface area contributed by atoms with Gasteiger partial charge in [-0.3, -0.25) is 4.84 Å². The second kappa shape index (κ2) is 3.21. The molecule has 0 aliphatic carbocycles. The number of halogens is 1. The molecule has 2 nitrogen and oxygen atoms in total. The van der Waals surface area contributed by atoms with E-state index >= 15 is 0 Å². The van der Waals surface area contributed by atoms with E-state index < -0.39 is 0 Å². The first-order valence-electron chi connectivity index (χ1n) is 4.00. The molecular weight excluding hydrogens is 157 g/mol. The Morgan fingerprint density at radius 2 is 2.42 bits per heavy atom. The molecule has 1 heterocycles. The molecule has 2 rings (SSSR count). The SMILES string of the molecule is Fc1cccc(C2CCNO2)c1. The van der Waals surface area contributed by atoms with Gasteiger partial charge in [0.15, 0.2) is 0 Å². The minimum atomic E-state index is -0.206. The fraction of sp³-hybridized carbons (Fsp3) is 0.333. The predicted octanol–water partition coefficient (Wildman–Crippen LogP) is 1.79. The van der Waals surface area contributed by atoms with Crippen molar-refractivity contribution in [2.75, 3.05) is 6.54 Å². The minimum Gasteiger partial charge on any atom is -0.294 e. The Hall–Kier alpha value is -0.930. The van der Waals surface area contributed by atoms with Gasteiger partial charge in [-0.05, 0) is 24.1 Å². The largest absolute Gasteiger partial charge is 0.294 e. The lowest BCUT2D eigenvalue weighted by Crippen LogP contribution is -2.04. The molecule has 1 aliphatic heterocycles. The van der Waals surface area contributed by atoms with E-state index in [0.29, 0.717) is 0 Å². The molecule has 0 aromatic heterocycles. The van der Waals surface area contributed by atoms with Crippen LogP contribution in [0.1, 0.15) is 18.1 Å². The van der Waals surface area contributed by atoms with Crippen LogP contribution in [0, 0.1) is 5.82 Å². The fourth-order valence-electron chi connectivity index (χ4n) is 1.35. The van der Waals surface area contributed by atoms with E-state index in [4.69, 9.17) is 4.84 Å². The molecule has 1 aliphatic rings. The smallest absolute Gasteiger partial charge is 0.123 e. The van der Waals surface area contributed by atoms with Crippen LogP contribution in [0.2, 0.25) is 0 Å². The van der Waals surface area contributed by atoms with E-state index in [1.54, 1.807) is 6.07 Å². The van der Waals surface area contributed by atoms with E-state index in [2.05, 4.69) is 5.48 Å². The highest BCUT2D eigenvalue weighted by Crippen LogP contribution is 2.23. The lowest BCUT2D eigenvalue weighted by molar-refractivity contribution is 0.0335. The summed E-state index contributed by atoms with van der Waals surface area (Å²) in [5.74, 6) is -0.206. The van der Waals surface area contributed by atoms with Gasteiger partial charge in [0.2, 0.25) is 0 Å². The predicted molar refractivity (Wildman–Crippen MR) is 42.8 cm³/mol. The summed E-state index contributed by atoms with van der Waals surface area (Å²) in [6.45, 7) is 0.835. The van der Waals surface area contributed by atoms with E-state index in [-0.39, 0.29) is 11.9 Å². The molecule has 1 fully saturated rings. The van der Waals surface area contributed by atoms with Crippen molar-refractivity contribution in [3.63, 3.8) is 0 Å². The van der Waals surface area contributed by atoms with Crippen molar-refractivity contribution < 1.29 is 9.23 Å². The normalized spacial score (nSPS) is 22.9. The number of hydrogen-bond donors (Lipinski definition) is 1. The average molecular weight is 167 g/mol. The standard InChI is InChI=1S/C9H10FNO/c10-8-3-1-2-7(6-8)9-4-5-11-12-9/h1-3,6,9,11H,4-5H2. The van der Waals surface area contributed by atoms with E-state index in [0.717, 1.165) is 18.5 Å². The van der Waals surface area contributed by atoms with Crippen LogP contribution in [-0.4, -0.2) is 6.54 Å². The first-order chi connectivity index (χ1) is 5.86. The van der Waals surface area contributed by atoms with E-state index in [1.807, 2.05) is 6.07 Å². The second-order valence-corrected chi connectivity index (χ2v) is 2.84. The van der Waals surface area contributed by atoms with Crippen LogP contribution in [0.4, 0.5) is 4.39 Å². The highest BCUT2D eigenvalue weighted by molar-refractivity contribution is 5.19. The Morgan fingerprint density at radius 1 is 1.50 bits per heavy atom. The highest BCUT2D eigenvalue weighted by atomic mass is 19.1. The summed E-state index contributed by atoms with van der Waals surface area (Å²) in [7, 11) is 0. The van der Waals surface area contributed by atoms with Gasteiger partial charge in [-0.2, -0.15) is 0 Å². The van der Waals surface area contributed by atoms with Crippen LogP contribution in [0.5, 0.6) is 0 Å². The first-order valence-corrected chi connectivity index (χ1v) is 4.00. The summed E-state index contributed by atoms with van der Waals surface area (Å²) >= 11 is 0. The van der Waals surface area contributed by atoms with E-state index in [9.17, 15) is 4.39 Å². The maximum atomic E-state index is 12.7. The molecule has 1 atom stereocenters. The third-order valence-corrected chi connectivity index (χ3v) is 1.95. The zero-order valence-electron chi connectivity index (χ0n) is 6.59. The lowest BCUT2D eigenvalue weighted by Gasteiger charge is -2.07. The van der Waals surface area contributed by atoms with Crippen molar-refractivity contribution in [1.29, 1.82) is 0 Å². The molecule has 1 aromatic rings. The van der Waals surface area contributed by atoms with Crippen LogP contribution in [0.25, 0.3) is 0 Å². The number of benzene rings is 1. The van der Waals surface area contributed by atoms with Gasteiger partial charge in [0.05, 0.1) is 0 Å². The first kappa shape index (κ1) is 7.71. The van der Waals surface area contributed by atoms with Crippen molar-refractivity contribution >= 4 is 0 Å². The molecule has 1 unspecified atom stereocenters. The molecule has 1 N–H and O–H groups in total. The van der Waals surface area contributed by atoms with Gasteiger partial charge >= 0.3 is 0 Å². The van der Waals surface area contributed by atoms with E-state index in [1.165, 1.54) is 12.1 Å². The number of hydroxylamine groups is 1. The molecule has 12 heavy (non-hydrogen) atoms. The molecule has 0 radical (unpaired) electrons. The Labute approximate surface area is 70.3 Å². The zero-order chi connectivity index (χ0) is 8.39. The van der Waals surface area contributed by atoms with Gasteiger partial charge in [0.1, 0.15) is 11.9 Å². The van der Waals surface area contributed by atoms with Crippen LogP contribution < -0.4 is 5.48 Å². The van der Waals surface area contributed by atoms with Crippen molar-refractivity contribution in [3.8, 4) is 0 Å². The molecule has 0 bridgehead atoms. The van der Waals surface area contributed by atoms with Gasteiger partial charge < -0.3 is 0 Å². The van der Waals surface area contributed by atoms with Gasteiger partial charge in [-0.1, -0.05) is 12.1 Å². The quantitative estimate of drug-likeness (QED) is 0.688. The molecule has 0 saturated carbocycles. The zero-order valence-corrected chi connectivity index (χ0v) is 6.59. The molecule has 1 aromatic carbocycles. The van der Waals surface area contributed by atoms with Crippen LogP contribution in [0.3, 0.4) is 0 Å². The van der Waals surface area contributed by atoms with Crippen molar-refractivity contribution in [2.45, 2.75) is 12.5 Å². The third kappa shape index (κ3) is 1.47. The Morgan fingerprint density at radius 3 is 3.08 bits per heavy atom. The summed E-state index contributed by atoms with van der Waals surface area (Å²) in [5.41, 5.74) is 3.67. The maximum Gasteiger partial charge on any atom is 0.123 e. The van der Waals surface area contributed by atoms with Gasteiger partial charge in [-0.15, -0.1) is 0 Å². The lowest BCUT2D eigenvalue weighted by atomic mass is 10.1. The number of hydrogen-bond acceptors (Lipinski definition) is 2. The molecule has 64 valence electrons. The number of rotatable bonds is 1. The van der Waals surface area contributed by atoms with Gasteiger partial charge in [0, 0.05) is 6.54 Å². The second-order valence-electron chi connectivity index (χ2n) is 2.84. The molecule has 0 spiro atoms. The topological polar surface area (TPSA) is 21.3 Å². The van der Waals surface area contributed by atoms with Crippen LogP contribution >= 0.6 is 0 Å². The monoisotopic (exact) mass is 167 g/mol. The summed E-state index contributed by atoms with van der Waals surface area (Å²) in [5, 5.41) is 0. The maximum absolute atomic E-state index is 12.7. The Kier molecular flexibility index (Phi) is 2.06. The van der Waals surface area contributed by atoms with Gasteiger partial charge in [0.25, 0.3) is 0 Å². The van der Waals surface area contributed by atoms with Crippen LogP contribution in [-0.2, 0) is 4.84 Å². The average Bonchev–Trinajstić information content (AvgIpc) is 2.56. The van der Waals surface area contributed by atoms with Crippen molar-refractivity contribution in [3.05, 3.63) is 35.6 Å². The van der Waals surface area contributed by atoms with Crippen molar-refractivity contribution in [2.24, 2.45) is 0 Å². The molecule has 3 heteroatoms. The Balaban J connectivity index is 2.21. The molecule has 1 saturated heterocycles. The fourth-order valence-corrected chi connectivity index (χ4v) is 1.35. The number of nitrogens with one attached hydrogen (secondary N) is 1. The van der Waals surface area contributed by atoms with Crippen LogP contribution in [0.15, 0.2) is 24.3 Å². The van der Waals surface area contributed by atoms with Gasteiger partial charge in [-0.25, -0.2) is 9.87 Å². The van der Waals surface area contributed by atoms with Crippen molar-refractivity contribution in [1.82, 2.24) is 5.48 Å². The summed E-state index contributed by atoms with van der Waals surface area (Å²) in [6.07, 6.45) is 0.921.